The number of ether oxygens (including phenoxy) is 1. The Kier molecular flexibility index (Phi) is 5.53. The van der Waals surface area contributed by atoms with Gasteiger partial charge in [-0.3, -0.25) is 9.79 Å². The van der Waals surface area contributed by atoms with Crippen molar-refractivity contribution in [3.63, 3.8) is 0 Å². The fourth-order valence-corrected chi connectivity index (χ4v) is 2.61. The molecule has 110 valence electrons. The summed E-state index contributed by atoms with van der Waals surface area (Å²) < 4.78 is 5.87. The van der Waals surface area contributed by atoms with E-state index in [2.05, 4.69) is 23.0 Å². The summed E-state index contributed by atoms with van der Waals surface area (Å²) in [6, 6.07) is 8.20. The Bertz CT molecular complexity index is 559. The number of terminal acetylenes is 1. The quantitative estimate of drug-likeness (QED) is 0.475. The van der Waals surface area contributed by atoms with Crippen LogP contribution in [0.2, 0.25) is 0 Å². The number of carbonyl (C=O) groups is 1. The Labute approximate surface area is 124 Å². The number of benzene rings is 1. The van der Waals surface area contributed by atoms with Crippen molar-refractivity contribution in [1.82, 2.24) is 0 Å². The summed E-state index contributed by atoms with van der Waals surface area (Å²) in [5.41, 5.74) is 2.49. The second-order valence-corrected chi connectivity index (χ2v) is 5.03. The minimum Gasteiger partial charge on any atom is -0.481 e. The molecule has 0 saturated carbocycles. The number of aliphatic imine (C=N–C) groups is 1. The van der Waals surface area contributed by atoms with Crippen LogP contribution in [0.25, 0.3) is 0 Å². The molecule has 1 aliphatic carbocycles. The van der Waals surface area contributed by atoms with Crippen LogP contribution in [0.3, 0.4) is 0 Å². The molecule has 4 nitrogen and oxygen atoms in total. The molecule has 0 spiro atoms. The van der Waals surface area contributed by atoms with E-state index in [4.69, 9.17) is 16.3 Å². The van der Waals surface area contributed by atoms with Crippen molar-refractivity contribution in [2.45, 2.75) is 31.3 Å². The second-order valence-electron chi connectivity index (χ2n) is 5.03. The van der Waals surface area contributed by atoms with Gasteiger partial charge in [-0.05, 0) is 24.0 Å². The van der Waals surface area contributed by atoms with Gasteiger partial charge in [-0.1, -0.05) is 30.2 Å². The van der Waals surface area contributed by atoms with Gasteiger partial charge in [0.2, 0.25) is 0 Å². The van der Waals surface area contributed by atoms with Crippen LogP contribution >= 0.6 is 0 Å². The lowest BCUT2D eigenvalue weighted by Crippen LogP contribution is -2.20. The summed E-state index contributed by atoms with van der Waals surface area (Å²) in [6.07, 6.45) is 8.59. The van der Waals surface area contributed by atoms with E-state index in [0.717, 1.165) is 6.42 Å². The van der Waals surface area contributed by atoms with E-state index in [1.165, 1.54) is 11.1 Å². The van der Waals surface area contributed by atoms with Gasteiger partial charge in [0.1, 0.15) is 0 Å². The van der Waals surface area contributed by atoms with E-state index in [1.807, 2.05) is 18.3 Å². The average molecular weight is 285 g/mol. The lowest BCUT2D eigenvalue weighted by molar-refractivity contribution is -0.137. The van der Waals surface area contributed by atoms with Gasteiger partial charge < -0.3 is 9.84 Å². The SMILES string of the molecule is C#CC/N=C/[C@H]1c2ccccc2C[C@H]1OCCCC(=O)O. The van der Waals surface area contributed by atoms with Gasteiger partial charge in [-0.2, -0.15) is 0 Å². The topological polar surface area (TPSA) is 58.9 Å². The molecular weight excluding hydrogens is 266 g/mol. The minimum atomic E-state index is -0.791. The van der Waals surface area contributed by atoms with Gasteiger partial charge in [0.25, 0.3) is 0 Å². The molecular formula is C17H19NO3. The molecule has 0 aromatic heterocycles. The number of hydrogen-bond donors (Lipinski definition) is 1. The van der Waals surface area contributed by atoms with Crippen LogP contribution in [-0.2, 0) is 16.0 Å². The number of aliphatic carboxylic acids is 1. The maximum atomic E-state index is 10.5. The molecule has 0 heterocycles. The summed E-state index contributed by atoms with van der Waals surface area (Å²) in [5.74, 6) is 1.80. The predicted molar refractivity (Wildman–Crippen MR) is 81.7 cm³/mol. The van der Waals surface area contributed by atoms with E-state index in [-0.39, 0.29) is 18.4 Å². The van der Waals surface area contributed by atoms with Crippen molar-refractivity contribution in [2.75, 3.05) is 13.2 Å². The standard InChI is InChI=1S/C17H19NO3/c1-2-9-18-12-15-14-7-4-3-6-13(14)11-16(15)21-10-5-8-17(19)20/h1,3-4,6-7,12,15-16H,5,8-11H2,(H,19,20)/b18-12+/t15-,16+/m0/s1. The third-order valence-electron chi connectivity index (χ3n) is 3.55. The highest BCUT2D eigenvalue weighted by Gasteiger charge is 2.31. The van der Waals surface area contributed by atoms with Gasteiger partial charge >= 0.3 is 5.97 Å². The van der Waals surface area contributed by atoms with Crippen LogP contribution < -0.4 is 0 Å². The number of nitrogens with zero attached hydrogens (tertiary/aromatic N) is 1. The number of fused-ring (bicyclic) bond motifs is 1. The lowest BCUT2D eigenvalue weighted by Gasteiger charge is -2.17. The fourth-order valence-electron chi connectivity index (χ4n) is 2.61. The smallest absolute Gasteiger partial charge is 0.303 e. The van der Waals surface area contributed by atoms with E-state index in [1.54, 1.807) is 0 Å². The molecule has 0 radical (unpaired) electrons. The highest BCUT2D eigenvalue weighted by atomic mass is 16.5. The molecule has 0 aliphatic heterocycles. The minimum absolute atomic E-state index is 0.0118. The van der Waals surface area contributed by atoms with Crippen LogP contribution in [0.15, 0.2) is 29.3 Å². The Balaban J connectivity index is 2.00. The highest BCUT2D eigenvalue weighted by Crippen LogP contribution is 2.34. The molecule has 1 aromatic carbocycles. The van der Waals surface area contributed by atoms with Gasteiger partial charge in [-0.25, -0.2) is 0 Å². The van der Waals surface area contributed by atoms with Gasteiger partial charge in [0.15, 0.2) is 0 Å². The zero-order valence-electron chi connectivity index (χ0n) is 11.9. The molecule has 0 amide bonds. The summed E-state index contributed by atoms with van der Waals surface area (Å²) in [6.45, 7) is 0.814. The van der Waals surface area contributed by atoms with E-state index in [9.17, 15) is 4.79 Å². The molecule has 0 fully saturated rings. The van der Waals surface area contributed by atoms with E-state index >= 15 is 0 Å². The van der Waals surface area contributed by atoms with Crippen molar-refractivity contribution < 1.29 is 14.6 Å². The van der Waals surface area contributed by atoms with Crippen molar-refractivity contribution >= 4 is 12.2 Å². The molecule has 21 heavy (non-hydrogen) atoms. The molecule has 4 heteroatoms. The van der Waals surface area contributed by atoms with Crippen LogP contribution in [0.1, 0.15) is 29.9 Å². The molecule has 1 aromatic rings. The number of carboxylic acid groups (broad SMARTS) is 1. The fraction of sp³-hybridized carbons (Fsp3) is 0.412. The third-order valence-corrected chi connectivity index (χ3v) is 3.55. The first-order chi connectivity index (χ1) is 10.2. The number of hydrogen-bond acceptors (Lipinski definition) is 3. The number of rotatable bonds is 7. The maximum absolute atomic E-state index is 10.5. The van der Waals surface area contributed by atoms with Gasteiger partial charge in [0.05, 0.1) is 12.6 Å². The summed E-state index contributed by atoms with van der Waals surface area (Å²) in [7, 11) is 0. The molecule has 1 N–H and O–H groups in total. The summed E-state index contributed by atoms with van der Waals surface area (Å²) in [5, 5.41) is 8.65. The molecule has 1 aliphatic rings. The third kappa shape index (κ3) is 4.17. The van der Waals surface area contributed by atoms with Crippen LogP contribution in [-0.4, -0.2) is 36.5 Å². The molecule has 2 atom stereocenters. The van der Waals surface area contributed by atoms with Crippen molar-refractivity contribution in [1.29, 1.82) is 0 Å². The predicted octanol–water partition coefficient (Wildman–Crippen LogP) is 2.28. The molecule has 0 saturated heterocycles. The van der Waals surface area contributed by atoms with Gasteiger partial charge in [-0.15, -0.1) is 6.42 Å². The molecule has 0 unspecified atom stereocenters. The van der Waals surface area contributed by atoms with Crippen molar-refractivity contribution in [3.8, 4) is 12.3 Å². The number of carboxylic acids is 1. The van der Waals surface area contributed by atoms with Crippen molar-refractivity contribution in [3.05, 3.63) is 35.4 Å². The first kappa shape index (κ1) is 15.3. The summed E-state index contributed by atoms with van der Waals surface area (Å²) in [4.78, 5) is 14.8. The zero-order valence-corrected chi connectivity index (χ0v) is 11.9. The second kappa shape index (κ2) is 7.61. The lowest BCUT2D eigenvalue weighted by atomic mass is 10.0. The van der Waals surface area contributed by atoms with Gasteiger partial charge in [0, 0.05) is 25.2 Å². The first-order valence-corrected chi connectivity index (χ1v) is 7.07. The average Bonchev–Trinajstić information content (AvgIpc) is 2.82. The van der Waals surface area contributed by atoms with E-state index < -0.39 is 5.97 Å². The first-order valence-electron chi connectivity index (χ1n) is 7.07. The maximum Gasteiger partial charge on any atom is 0.303 e. The van der Waals surface area contributed by atoms with E-state index in [0.29, 0.717) is 19.6 Å². The molecule has 0 bridgehead atoms. The van der Waals surface area contributed by atoms with Crippen molar-refractivity contribution in [2.24, 2.45) is 4.99 Å². The van der Waals surface area contributed by atoms with Crippen LogP contribution in [0, 0.1) is 12.3 Å². The highest BCUT2D eigenvalue weighted by molar-refractivity contribution is 5.71. The molecule has 2 rings (SSSR count). The summed E-state index contributed by atoms with van der Waals surface area (Å²) >= 11 is 0. The largest absolute Gasteiger partial charge is 0.481 e. The monoisotopic (exact) mass is 285 g/mol. The Morgan fingerprint density at radius 3 is 3.10 bits per heavy atom. The Hall–Kier alpha value is -2.12. The Morgan fingerprint density at radius 1 is 1.52 bits per heavy atom. The Morgan fingerprint density at radius 2 is 2.33 bits per heavy atom. The zero-order chi connectivity index (χ0) is 15.1. The van der Waals surface area contributed by atoms with Crippen LogP contribution in [0.5, 0.6) is 0 Å². The van der Waals surface area contributed by atoms with Crippen LogP contribution in [0.4, 0.5) is 0 Å². The normalized spacial score (nSPS) is 20.3.